The Labute approximate surface area is 171 Å². The van der Waals surface area contributed by atoms with Crippen LogP contribution in [0, 0.1) is 29.1 Å². The average Bonchev–Trinajstić information content (AvgIpc) is 3.23. The summed E-state index contributed by atoms with van der Waals surface area (Å²) >= 11 is 0. The van der Waals surface area contributed by atoms with Crippen LogP contribution in [0.25, 0.3) is 0 Å². The lowest BCUT2D eigenvalue weighted by Crippen LogP contribution is -2.61. The summed E-state index contributed by atoms with van der Waals surface area (Å²) in [5.41, 5.74) is 0.379. The number of carbonyl (C=O) groups is 1. The van der Waals surface area contributed by atoms with Crippen molar-refractivity contribution in [2.75, 3.05) is 6.61 Å². The first kappa shape index (κ1) is 18.3. The van der Waals surface area contributed by atoms with E-state index in [1.54, 1.807) is 24.5 Å². The van der Waals surface area contributed by atoms with Crippen molar-refractivity contribution in [2.24, 2.45) is 17.8 Å². The van der Waals surface area contributed by atoms with Crippen molar-refractivity contribution in [3.8, 4) is 11.8 Å². The zero-order chi connectivity index (χ0) is 19.8. The Bertz CT molecular complexity index is 893. The summed E-state index contributed by atoms with van der Waals surface area (Å²) in [5.74, 6) is 3.49. The van der Waals surface area contributed by atoms with E-state index < -0.39 is 0 Å². The molecular weight excluding hydrogens is 364 g/mol. The molecule has 4 saturated carbocycles. The van der Waals surface area contributed by atoms with Crippen molar-refractivity contribution in [1.29, 1.82) is 5.26 Å². The molecule has 5 nitrogen and oxygen atoms in total. The summed E-state index contributed by atoms with van der Waals surface area (Å²) in [5, 5.41) is 9.28. The topological polar surface area (TPSA) is 66.5 Å². The third-order valence-corrected chi connectivity index (χ3v) is 7.13. The van der Waals surface area contributed by atoms with Crippen molar-refractivity contribution >= 4 is 5.91 Å². The van der Waals surface area contributed by atoms with Gasteiger partial charge in [0.05, 0.1) is 18.4 Å². The lowest BCUT2D eigenvalue weighted by atomic mass is 9.52. The van der Waals surface area contributed by atoms with Crippen LogP contribution in [-0.2, 0) is 11.3 Å². The molecule has 0 radical (unpaired) electrons. The van der Waals surface area contributed by atoms with Crippen LogP contribution in [0.2, 0.25) is 0 Å². The highest BCUT2D eigenvalue weighted by Crippen LogP contribution is 2.58. The van der Waals surface area contributed by atoms with Gasteiger partial charge in [-0.2, -0.15) is 5.26 Å². The van der Waals surface area contributed by atoms with Gasteiger partial charge in [0.2, 0.25) is 0 Å². The predicted molar refractivity (Wildman–Crippen MR) is 107 cm³/mol. The molecule has 4 fully saturated rings. The van der Waals surface area contributed by atoms with Crippen LogP contribution in [0.1, 0.15) is 49.8 Å². The number of hydrogen-bond acceptors (Lipinski definition) is 4. The lowest BCUT2D eigenvalue weighted by Gasteiger charge is -2.60. The Hall–Kier alpha value is -2.74. The molecule has 2 aromatic rings. The second-order valence-electron chi connectivity index (χ2n) is 9.10. The van der Waals surface area contributed by atoms with Crippen LogP contribution in [-0.4, -0.2) is 23.0 Å². The van der Waals surface area contributed by atoms with Crippen molar-refractivity contribution in [2.45, 2.75) is 50.6 Å². The highest BCUT2D eigenvalue weighted by Gasteiger charge is 2.54. The molecule has 5 heteroatoms. The van der Waals surface area contributed by atoms with E-state index in [-0.39, 0.29) is 18.1 Å². The molecular formula is C24H26N2O3. The zero-order valence-corrected chi connectivity index (χ0v) is 16.5. The van der Waals surface area contributed by atoms with Crippen molar-refractivity contribution in [3.63, 3.8) is 0 Å². The first-order chi connectivity index (χ1) is 14.1. The maximum absolute atomic E-state index is 13.4. The molecule has 0 saturated heterocycles. The quantitative estimate of drug-likeness (QED) is 0.727. The van der Waals surface area contributed by atoms with E-state index in [0.29, 0.717) is 17.9 Å². The fourth-order valence-corrected chi connectivity index (χ4v) is 6.38. The van der Waals surface area contributed by atoms with Gasteiger partial charge in [0.15, 0.2) is 6.61 Å². The number of furan rings is 1. The second kappa shape index (κ2) is 7.26. The summed E-state index contributed by atoms with van der Waals surface area (Å²) < 4.78 is 11.4. The molecule has 29 heavy (non-hydrogen) atoms. The van der Waals surface area contributed by atoms with Crippen molar-refractivity contribution < 1.29 is 13.9 Å². The van der Waals surface area contributed by atoms with Crippen molar-refractivity contribution in [3.05, 3.63) is 54.0 Å². The van der Waals surface area contributed by atoms with Gasteiger partial charge in [-0.05, 0) is 80.5 Å². The smallest absolute Gasteiger partial charge is 0.261 e. The van der Waals surface area contributed by atoms with E-state index in [2.05, 4.69) is 6.07 Å². The number of carbonyl (C=O) groups excluding carboxylic acids is 1. The molecule has 1 aromatic heterocycles. The number of benzene rings is 1. The van der Waals surface area contributed by atoms with Gasteiger partial charge in [0, 0.05) is 5.54 Å². The van der Waals surface area contributed by atoms with E-state index in [4.69, 9.17) is 9.15 Å². The second-order valence-corrected chi connectivity index (χ2v) is 9.10. The highest BCUT2D eigenvalue weighted by atomic mass is 16.5. The Morgan fingerprint density at radius 3 is 2.41 bits per heavy atom. The summed E-state index contributed by atoms with van der Waals surface area (Å²) in [4.78, 5) is 15.5. The largest absolute Gasteiger partial charge is 0.482 e. The zero-order valence-electron chi connectivity index (χ0n) is 16.5. The summed E-state index contributed by atoms with van der Waals surface area (Å²) in [6.07, 6.45) is 8.94. The molecule has 4 bridgehead atoms. The van der Waals surface area contributed by atoms with Crippen LogP contribution in [0.5, 0.6) is 5.75 Å². The van der Waals surface area contributed by atoms with Crippen LogP contribution in [0.3, 0.4) is 0 Å². The van der Waals surface area contributed by atoms with Gasteiger partial charge in [-0.3, -0.25) is 4.79 Å². The fraction of sp³-hybridized carbons (Fsp3) is 0.500. The van der Waals surface area contributed by atoms with Gasteiger partial charge >= 0.3 is 0 Å². The molecule has 4 aliphatic rings. The van der Waals surface area contributed by atoms with E-state index in [1.165, 1.54) is 19.3 Å². The Morgan fingerprint density at radius 1 is 1.10 bits per heavy atom. The van der Waals surface area contributed by atoms with Gasteiger partial charge < -0.3 is 14.1 Å². The Kier molecular flexibility index (Phi) is 4.58. The number of nitrogens with zero attached hydrogens (tertiary/aromatic N) is 2. The lowest BCUT2D eigenvalue weighted by molar-refractivity contribution is -0.155. The summed E-state index contributed by atoms with van der Waals surface area (Å²) in [6.45, 7) is 0.433. The first-order valence-corrected chi connectivity index (χ1v) is 10.6. The number of rotatable bonds is 6. The third kappa shape index (κ3) is 3.42. The van der Waals surface area contributed by atoms with Gasteiger partial charge in [-0.25, -0.2) is 0 Å². The minimum atomic E-state index is -0.0727. The highest BCUT2D eigenvalue weighted by molar-refractivity contribution is 5.79. The van der Waals surface area contributed by atoms with Crippen molar-refractivity contribution in [1.82, 2.24) is 4.90 Å². The molecule has 1 amide bonds. The molecule has 150 valence electrons. The van der Waals surface area contributed by atoms with Crippen LogP contribution >= 0.6 is 0 Å². The monoisotopic (exact) mass is 390 g/mol. The van der Waals surface area contributed by atoms with Gasteiger partial charge in [-0.1, -0.05) is 12.1 Å². The number of amides is 1. The van der Waals surface area contributed by atoms with Gasteiger partial charge in [0.25, 0.3) is 5.91 Å². The normalized spacial score (nSPS) is 29.4. The SMILES string of the molecule is N#Cc1ccccc1OCC(=O)N(Cc1ccco1)C12CC3CC(CC(C3)C1)C2. The maximum atomic E-state index is 13.4. The fourth-order valence-electron chi connectivity index (χ4n) is 6.38. The molecule has 0 unspecified atom stereocenters. The summed E-state index contributed by atoms with van der Waals surface area (Å²) in [6, 6.07) is 13.0. The minimum absolute atomic E-state index is 0.0175. The van der Waals surface area contributed by atoms with E-state index in [9.17, 15) is 10.1 Å². The van der Waals surface area contributed by atoms with Crippen LogP contribution in [0.15, 0.2) is 47.1 Å². The number of nitriles is 1. The number of para-hydroxylation sites is 1. The Morgan fingerprint density at radius 2 is 1.79 bits per heavy atom. The average molecular weight is 390 g/mol. The number of ether oxygens (including phenoxy) is 1. The van der Waals surface area contributed by atoms with E-state index in [0.717, 1.165) is 42.8 Å². The first-order valence-electron chi connectivity index (χ1n) is 10.6. The van der Waals surface area contributed by atoms with E-state index >= 15 is 0 Å². The third-order valence-electron chi connectivity index (χ3n) is 7.13. The Balaban J connectivity index is 1.39. The standard InChI is InChI=1S/C24H26N2O3/c25-14-20-4-1-2-6-22(20)29-16-23(27)26(15-21-5-3-7-28-21)24-11-17-8-18(12-24)10-19(9-17)13-24/h1-7,17-19H,8-13,15-16H2. The molecule has 0 atom stereocenters. The maximum Gasteiger partial charge on any atom is 0.261 e. The molecule has 0 spiro atoms. The molecule has 1 heterocycles. The molecule has 0 aliphatic heterocycles. The van der Waals surface area contributed by atoms with E-state index in [1.807, 2.05) is 23.1 Å². The molecule has 4 aliphatic carbocycles. The minimum Gasteiger partial charge on any atom is -0.482 e. The number of hydrogen-bond donors (Lipinski definition) is 0. The molecule has 0 N–H and O–H groups in total. The predicted octanol–water partition coefficient (Wildman–Crippen LogP) is 4.53. The molecule has 1 aromatic carbocycles. The summed E-state index contributed by atoms with van der Waals surface area (Å²) in [7, 11) is 0. The molecule has 6 rings (SSSR count). The van der Waals surface area contributed by atoms with Crippen LogP contribution in [0.4, 0.5) is 0 Å². The van der Waals surface area contributed by atoms with Gasteiger partial charge in [0.1, 0.15) is 17.6 Å². The van der Waals surface area contributed by atoms with Crippen LogP contribution < -0.4 is 4.74 Å². The van der Waals surface area contributed by atoms with Gasteiger partial charge in [-0.15, -0.1) is 0 Å².